The molecular weight excluding hydrogens is 248 g/mol. The number of halogens is 2. The van der Waals surface area contributed by atoms with Crippen molar-refractivity contribution in [2.24, 2.45) is 4.99 Å². The van der Waals surface area contributed by atoms with E-state index in [2.05, 4.69) is 15.0 Å². The van der Waals surface area contributed by atoms with Gasteiger partial charge in [-0.1, -0.05) is 23.9 Å². The molecule has 0 radical (unpaired) electrons. The molecule has 1 aromatic carbocycles. The fraction of sp³-hybridized carbons (Fsp3) is 0.200. The maximum atomic E-state index is 12.1. The highest BCUT2D eigenvalue weighted by Gasteiger charge is 2.09. The second kappa shape index (κ2) is 6.70. The van der Waals surface area contributed by atoms with Crippen molar-refractivity contribution in [1.29, 1.82) is 5.26 Å². The number of hydrogen-bond acceptors (Lipinski definition) is 4. The second-order valence-corrected chi connectivity index (χ2v) is 3.50. The Balaban J connectivity index is 3.00. The van der Waals surface area contributed by atoms with Crippen LogP contribution in [0.4, 0.5) is 14.5 Å². The number of nitrogens with one attached hydrogen (secondary N) is 1. The molecule has 1 rings (SSSR count). The standard InChI is InChI=1S/C10H9F2N3OS/c1-17-10(14-6-13)15-7-4-2-3-5-8(7)16-9(11)12/h2-5,9H,1H3,(H,14,15). The molecule has 4 nitrogen and oxygen atoms in total. The van der Waals surface area contributed by atoms with Gasteiger partial charge in [-0.05, 0) is 18.4 Å². The molecule has 0 aliphatic carbocycles. The summed E-state index contributed by atoms with van der Waals surface area (Å²) in [6.45, 7) is -2.91. The van der Waals surface area contributed by atoms with Gasteiger partial charge < -0.3 is 4.74 Å². The zero-order chi connectivity index (χ0) is 12.7. The van der Waals surface area contributed by atoms with E-state index >= 15 is 0 Å². The van der Waals surface area contributed by atoms with Gasteiger partial charge in [0.25, 0.3) is 0 Å². The quantitative estimate of drug-likeness (QED) is 0.391. The van der Waals surface area contributed by atoms with Gasteiger partial charge in [0.15, 0.2) is 17.1 Å². The number of nitriles is 1. The first-order valence-electron chi connectivity index (χ1n) is 4.49. The fourth-order valence-corrected chi connectivity index (χ4v) is 1.36. The third-order valence-corrected chi connectivity index (χ3v) is 2.24. The van der Waals surface area contributed by atoms with Gasteiger partial charge in [-0.15, -0.1) is 0 Å². The van der Waals surface area contributed by atoms with Crippen molar-refractivity contribution < 1.29 is 13.5 Å². The predicted molar refractivity (Wildman–Crippen MR) is 62.4 cm³/mol. The smallest absolute Gasteiger partial charge is 0.387 e. The van der Waals surface area contributed by atoms with Crippen LogP contribution in [0.1, 0.15) is 0 Å². The summed E-state index contributed by atoms with van der Waals surface area (Å²) >= 11 is 1.19. The van der Waals surface area contributed by atoms with Crippen LogP contribution in [0, 0.1) is 11.5 Å². The van der Waals surface area contributed by atoms with Crippen LogP contribution in [0.3, 0.4) is 0 Å². The maximum Gasteiger partial charge on any atom is 0.387 e. The first-order valence-corrected chi connectivity index (χ1v) is 5.71. The maximum absolute atomic E-state index is 12.1. The molecule has 1 aromatic rings. The van der Waals surface area contributed by atoms with E-state index in [4.69, 9.17) is 5.26 Å². The van der Waals surface area contributed by atoms with E-state index < -0.39 is 6.61 Å². The van der Waals surface area contributed by atoms with Gasteiger partial charge >= 0.3 is 6.61 Å². The van der Waals surface area contributed by atoms with Gasteiger partial charge in [-0.25, -0.2) is 4.99 Å². The van der Waals surface area contributed by atoms with Gasteiger partial charge in [-0.2, -0.15) is 14.0 Å². The molecule has 0 atom stereocenters. The molecule has 90 valence electrons. The Morgan fingerprint density at radius 3 is 2.82 bits per heavy atom. The molecule has 0 fully saturated rings. The van der Waals surface area contributed by atoms with E-state index in [9.17, 15) is 8.78 Å². The number of thioether (sulfide) groups is 1. The third-order valence-electron chi connectivity index (χ3n) is 1.66. The van der Waals surface area contributed by atoms with Crippen LogP contribution in [0.25, 0.3) is 0 Å². The van der Waals surface area contributed by atoms with E-state index in [-0.39, 0.29) is 11.4 Å². The topological polar surface area (TPSA) is 57.4 Å². The number of ether oxygens (including phenoxy) is 1. The summed E-state index contributed by atoms with van der Waals surface area (Å²) < 4.78 is 28.6. The van der Waals surface area contributed by atoms with Crippen LogP contribution < -0.4 is 10.1 Å². The van der Waals surface area contributed by atoms with Crippen LogP contribution >= 0.6 is 11.8 Å². The fourth-order valence-electron chi connectivity index (χ4n) is 1.03. The Kier molecular flexibility index (Phi) is 5.23. The molecule has 0 spiro atoms. The summed E-state index contributed by atoms with van der Waals surface area (Å²) in [6.07, 6.45) is 3.42. The Morgan fingerprint density at radius 1 is 1.53 bits per heavy atom. The number of rotatable bonds is 3. The van der Waals surface area contributed by atoms with Crippen molar-refractivity contribution in [3.8, 4) is 11.9 Å². The zero-order valence-electron chi connectivity index (χ0n) is 8.85. The summed E-state index contributed by atoms with van der Waals surface area (Å²) in [7, 11) is 0. The minimum atomic E-state index is -2.91. The molecule has 0 amide bonds. The summed E-state index contributed by atoms with van der Waals surface area (Å²) in [5.74, 6) is -0.0335. The Labute approximate surface area is 101 Å². The highest BCUT2D eigenvalue weighted by atomic mass is 32.2. The van der Waals surface area contributed by atoms with Crippen molar-refractivity contribution in [3.05, 3.63) is 24.3 Å². The molecule has 0 saturated heterocycles. The number of amidine groups is 1. The summed E-state index contributed by atoms with van der Waals surface area (Å²) in [6, 6.07) is 6.11. The van der Waals surface area contributed by atoms with Crippen LogP contribution in [-0.4, -0.2) is 18.0 Å². The summed E-state index contributed by atoms with van der Waals surface area (Å²) in [5.41, 5.74) is 0.236. The number of hydrogen-bond donors (Lipinski definition) is 1. The van der Waals surface area contributed by atoms with Crippen molar-refractivity contribution in [1.82, 2.24) is 5.32 Å². The van der Waals surface area contributed by atoms with Crippen LogP contribution in [0.15, 0.2) is 29.3 Å². The number of para-hydroxylation sites is 2. The summed E-state index contributed by atoms with van der Waals surface area (Å²) in [4.78, 5) is 4.01. The molecule has 0 bridgehead atoms. The van der Waals surface area contributed by atoms with E-state index in [0.29, 0.717) is 5.17 Å². The molecule has 0 aromatic heterocycles. The number of aliphatic imine (C=N–C) groups is 1. The second-order valence-electron chi connectivity index (χ2n) is 2.70. The largest absolute Gasteiger partial charge is 0.433 e. The molecular formula is C10H9F2N3OS. The lowest BCUT2D eigenvalue weighted by atomic mass is 10.3. The SMILES string of the molecule is CSC(=Nc1ccccc1OC(F)F)NC#N. The highest BCUT2D eigenvalue weighted by Crippen LogP contribution is 2.28. The molecule has 0 saturated carbocycles. The third kappa shape index (κ3) is 4.28. The molecule has 0 heterocycles. The minimum absolute atomic E-state index is 0.0335. The lowest BCUT2D eigenvalue weighted by Gasteiger charge is -2.07. The average Bonchev–Trinajstić information content (AvgIpc) is 2.30. The number of benzene rings is 1. The van der Waals surface area contributed by atoms with Crippen LogP contribution in [0.2, 0.25) is 0 Å². The lowest BCUT2D eigenvalue weighted by molar-refractivity contribution is -0.0494. The van der Waals surface area contributed by atoms with Crippen molar-refractivity contribution >= 4 is 22.6 Å². The first-order chi connectivity index (χ1) is 8.17. The number of nitrogens with zero attached hydrogens (tertiary/aromatic N) is 2. The van der Waals surface area contributed by atoms with Gasteiger partial charge in [0, 0.05) is 0 Å². The Bertz CT molecular complexity index is 445. The normalized spacial score (nSPS) is 11.1. The van der Waals surface area contributed by atoms with Gasteiger partial charge in [0.05, 0.1) is 0 Å². The van der Waals surface area contributed by atoms with E-state index in [1.165, 1.54) is 23.9 Å². The molecule has 0 unspecified atom stereocenters. The van der Waals surface area contributed by atoms with Crippen molar-refractivity contribution in [3.63, 3.8) is 0 Å². The molecule has 0 aliphatic heterocycles. The van der Waals surface area contributed by atoms with Gasteiger partial charge in [0.2, 0.25) is 0 Å². The molecule has 7 heteroatoms. The van der Waals surface area contributed by atoms with E-state index in [0.717, 1.165) is 0 Å². The molecule has 1 N–H and O–H groups in total. The summed E-state index contributed by atoms with van der Waals surface area (Å²) in [5, 5.41) is 11.1. The number of alkyl halides is 2. The minimum Gasteiger partial charge on any atom is -0.433 e. The lowest BCUT2D eigenvalue weighted by Crippen LogP contribution is -2.12. The monoisotopic (exact) mass is 257 g/mol. The van der Waals surface area contributed by atoms with Crippen molar-refractivity contribution in [2.45, 2.75) is 6.61 Å². The van der Waals surface area contributed by atoms with E-state index in [1.807, 2.05) is 0 Å². The average molecular weight is 257 g/mol. The Morgan fingerprint density at radius 2 is 2.24 bits per heavy atom. The molecule has 17 heavy (non-hydrogen) atoms. The van der Waals surface area contributed by atoms with Crippen LogP contribution in [-0.2, 0) is 0 Å². The first kappa shape index (κ1) is 13.3. The van der Waals surface area contributed by atoms with Gasteiger partial charge in [-0.3, -0.25) is 5.32 Å². The predicted octanol–water partition coefficient (Wildman–Crippen LogP) is 2.71. The van der Waals surface area contributed by atoms with Crippen LogP contribution in [0.5, 0.6) is 5.75 Å². The Hall–Kier alpha value is -1.81. The zero-order valence-corrected chi connectivity index (χ0v) is 9.67. The van der Waals surface area contributed by atoms with Gasteiger partial charge in [0.1, 0.15) is 5.69 Å². The van der Waals surface area contributed by atoms with Crippen molar-refractivity contribution in [2.75, 3.05) is 6.26 Å². The highest BCUT2D eigenvalue weighted by molar-refractivity contribution is 8.13. The molecule has 0 aliphatic rings. The van der Waals surface area contributed by atoms with E-state index in [1.54, 1.807) is 24.6 Å².